The molecule has 0 saturated carbocycles. The first kappa shape index (κ1) is 23.8. The highest BCUT2D eigenvalue weighted by Crippen LogP contribution is 2.39. The molecule has 2 aromatic rings. The molecule has 9 nitrogen and oxygen atoms in total. The van der Waals surface area contributed by atoms with Crippen molar-refractivity contribution in [1.82, 2.24) is 0 Å². The maximum absolute atomic E-state index is 12.6. The molecule has 2 N–H and O–H groups in total. The van der Waals surface area contributed by atoms with Crippen LogP contribution in [0, 0.1) is 0 Å². The van der Waals surface area contributed by atoms with Crippen LogP contribution >= 0.6 is 0 Å². The third-order valence-corrected chi connectivity index (χ3v) is 5.10. The minimum atomic E-state index is -1.20. The highest BCUT2D eigenvalue weighted by atomic mass is 16.7. The van der Waals surface area contributed by atoms with Crippen LogP contribution in [0.3, 0.4) is 0 Å². The highest BCUT2D eigenvalue weighted by Gasteiger charge is 2.37. The summed E-state index contributed by atoms with van der Waals surface area (Å²) in [6, 6.07) is 12.6. The quantitative estimate of drug-likeness (QED) is 0.556. The Bertz CT molecular complexity index is 861. The fraction of sp³-hybridized carbons (Fsp3) is 0.435. The third kappa shape index (κ3) is 5.68. The molecule has 1 heterocycles. The number of benzene rings is 2. The summed E-state index contributed by atoms with van der Waals surface area (Å²) in [5.74, 6) is 0.278. The van der Waals surface area contributed by atoms with Gasteiger partial charge in [-0.1, -0.05) is 30.3 Å². The Balaban J connectivity index is 1.71. The van der Waals surface area contributed by atoms with Crippen LogP contribution in [-0.2, 0) is 20.8 Å². The Morgan fingerprint density at radius 2 is 1.72 bits per heavy atom. The van der Waals surface area contributed by atoms with Gasteiger partial charge in [0.1, 0.15) is 25.4 Å². The molecule has 0 aliphatic carbocycles. The van der Waals surface area contributed by atoms with Gasteiger partial charge >= 0.3 is 5.97 Å². The Kier molecular flexibility index (Phi) is 8.29. The van der Waals surface area contributed by atoms with E-state index in [2.05, 4.69) is 0 Å². The summed E-state index contributed by atoms with van der Waals surface area (Å²) in [6.45, 7) is 0.0189. The van der Waals surface area contributed by atoms with E-state index >= 15 is 0 Å². The van der Waals surface area contributed by atoms with Crippen LogP contribution in [0.4, 0.5) is 0 Å². The second-order valence-corrected chi connectivity index (χ2v) is 7.22. The number of esters is 1. The van der Waals surface area contributed by atoms with E-state index in [0.29, 0.717) is 17.2 Å². The molecule has 3 rings (SSSR count). The SMILES string of the molecule is COc1cc(C(=O)OCC2O[C@H](OC)CC(O)[C@@H]2O)cc(OC)c1OCc1ccccc1. The molecule has 0 aromatic heterocycles. The minimum absolute atomic E-state index is 0.126. The van der Waals surface area contributed by atoms with Crippen molar-refractivity contribution in [2.24, 2.45) is 0 Å². The first-order valence-electron chi connectivity index (χ1n) is 10.1. The molecule has 0 spiro atoms. The van der Waals surface area contributed by atoms with Crippen molar-refractivity contribution < 1.29 is 43.4 Å². The maximum Gasteiger partial charge on any atom is 0.338 e. The van der Waals surface area contributed by atoms with E-state index in [-0.39, 0.29) is 25.2 Å². The Hall–Kier alpha value is -2.85. The fourth-order valence-corrected chi connectivity index (χ4v) is 3.32. The largest absolute Gasteiger partial charge is 0.493 e. The summed E-state index contributed by atoms with van der Waals surface area (Å²) in [5.41, 5.74) is 1.13. The third-order valence-electron chi connectivity index (χ3n) is 5.10. The lowest BCUT2D eigenvalue weighted by Crippen LogP contribution is -2.50. The average Bonchev–Trinajstić information content (AvgIpc) is 2.83. The summed E-state index contributed by atoms with van der Waals surface area (Å²) in [6.07, 6.45) is -3.74. The molecule has 0 radical (unpaired) electrons. The molecule has 1 fully saturated rings. The number of hydrogen-bond acceptors (Lipinski definition) is 9. The van der Waals surface area contributed by atoms with Crippen LogP contribution in [-0.4, -0.2) is 68.7 Å². The van der Waals surface area contributed by atoms with Gasteiger partial charge in [0.25, 0.3) is 0 Å². The predicted molar refractivity (Wildman–Crippen MR) is 113 cm³/mol. The molecule has 2 aromatic carbocycles. The predicted octanol–water partition coefficient (Wildman–Crippen LogP) is 1.92. The van der Waals surface area contributed by atoms with E-state index in [0.717, 1.165) is 5.56 Å². The van der Waals surface area contributed by atoms with Crippen molar-refractivity contribution in [3.05, 3.63) is 53.6 Å². The molecule has 1 aliphatic rings. The summed E-state index contributed by atoms with van der Waals surface area (Å²) in [5, 5.41) is 20.0. The average molecular weight is 448 g/mol. The van der Waals surface area contributed by atoms with Gasteiger partial charge in [-0.05, 0) is 17.7 Å². The summed E-state index contributed by atoms with van der Waals surface area (Å²) < 4.78 is 32.6. The first-order valence-corrected chi connectivity index (χ1v) is 10.1. The van der Waals surface area contributed by atoms with Crippen molar-refractivity contribution in [3.63, 3.8) is 0 Å². The molecule has 2 unspecified atom stereocenters. The lowest BCUT2D eigenvalue weighted by molar-refractivity contribution is -0.248. The van der Waals surface area contributed by atoms with E-state index in [1.54, 1.807) is 0 Å². The number of rotatable bonds is 9. The van der Waals surface area contributed by atoms with Crippen LogP contribution in [0.15, 0.2) is 42.5 Å². The summed E-state index contributed by atoms with van der Waals surface area (Å²) >= 11 is 0. The zero-order chi connectivity index (χ0) is 23.1. The zero-order valence-electron chi connectivity index (χ0n) is 18.2. The minimum Gasteiger partial charge on any atom is -0.493 e. The van der Waals surface area contributed by atoms with Crippen LogP contribution in [0.1, 0.15) is 22.3 Å². The van der Waals surface area contributed by atoms with Gasteiger partial charge in [-0.15, -0.1) is 0 Å². The fourth-order valence-electron chi connectivity index (χ4n) is 3.32. The van der Waals surface area contributed by atoms with Crippen LogP contribution in [0.5, 0.6) is 17.2 Å². The van der Waals surface area contributed by atoms with E-state index in [9.17, 15) is 15.0 Å². The topological polar surface area (TPSA) is 113 Å². The smallest absolute Gasteiger partial charge is 0.338 e. The molecule has 0 amide bonds. The normalized spacial score (nSPS) is 22.8. The molecular formula is C23H28O9. The van der Waals surface area contributed by atoms with Crippen molar-refractivity contribution >= 4 is 5.97 Å². The number of ether oxygens (including phenoxy) is 6. The van der Waals surface area contributed by atoms with Crippen molar-refractivity contribution in [2.75, 3.05) is 27.9 Å². The Labute approximate surface area is 186 Å². The van der Waals surface area contributed by atoms with Gasteiger partial charge in [0.2, 0.25) is 5.75 Å². The van der Waals surface area contributed by atoms with Crippen LogP contribution in [0.25, 0.3) is 0 Å². The maximum atomic E-state index is 12.6. The second-order valence-electron chi connectivity index (χ2n) is 7.22. The van der Waals surface area contributed by atoms with Crippen molar-refractivity contribution in [3.8, 4) is 17.2 Å². The Morgan fingerprint density at radius 1 is 1.06 bits per heavy atom. The van der Waals surface area contributed by atoms with Gasteiger partial charge in [0.15, 0.2) is 17.8 Å². The number of hydrogen-bond donors (Lipinski definition) is 2. The van der Waals surface area contributed by atoms with Crippen LogP contribution in [0.2, 0.25) is 0 Å². The van der Waals surface area contributed by atoms with Gasteiger partial charge in [-0.3, -0.25) is 0 Å². The number of carbonyl (C=O) groups excluding carboxylic acids is 1. The van der Waals surface area contributed by atoms with Crippen molar-refractivity contribution in [2.45, 2.75) is 37.6 Å². The first-order chi connectivity index (χ1) is 15.5. The van der Waals surface area contributed by atoms with E-state index in [4.69, 9.17) is 28.4 Å². The van der Waals surface area contributed by atoms with Crippen molar-refractivity contribution in [1.29, 1.82) is 0 Å². The number of carbonyl (C=O) groups is 1. The molecule has 1 saturated heterocycles. The summed E-state index contributed by atoms with van der Waals surface area (Å²) in [4.78, 5) is 12.6. The molecule has 0 bridgehead atoms. The van der Waals surface area contributed by atoms with Gasteiger partial charge in [-0.25, -0.2) is 4.79 Å². The standard InChI is InChI=1S/C23H28O9/c1-27-17-9-15(10-18(28-2)22(17)30-12-14-7-5-4-6-8-14)23(26)31-13-19-21(25)16(24)11-20(29-3)32-19/h4-10,16,19-21,24-25H,11-13H2,1-3H3/t16?,19?,20-,21-/m0/s1. The van der Waals surface area contributed by atoms with Crippen LogP contribution < -0.4 is 14.2 Å². The molecule has 9 heteroatoms. The molecule has 4 atom stereocenters. The monoisotopic (exact) mass is 448 g/mol. The van der Waals surface area contributed by atoms with Gasteiger partial charge in [0, 0.05) is 13.5 Å². The molecule has 174 valence electrons. The number of methoxy groups -OCH3 is 3. The summed E-state index contributed by atoms with van der Waals surface area (Å²) in [7, 11) is 4.34. The highest BCUT2D eigenvalue weighted by molar-refractivity contribution is 5.91. The molecule has 32 heavy (non-hydrogen) atoms. The second kappa shape index (κ2) is 11.1. The van der Waals surface area contributed by atoms with E-state index in [1.807, 2.05) is 30.3 Å². The number of aliphatic hydroxyl groups is 2. The van der Waals surface area contributed by atoms with E-state index < -0.39 is 30.6 Å². The van der Waals surface area contributed by atoms with Gasteiger partial charge in [-0.2, -0.15) is 0 Å². The lowest BCUT2D eigenvalue weighted by atomic mass is 10.0. The number of aliphatic hydroxyl groups excluding tert-OH is 2. The van der Waals surface area contributed by atoms with E-state index in [1.165, 1.54) is 33.5 Å². The van der Waals surface area contributed by atoms with Gasteiger partial charge in [0.05, 0.1) is 25.9 Å². The lowest BCUT2D eigenvalue weighted by Gasteiger charge is -2.35. The van der Waals surface area contributed by atoms with Gasteiger partial charge < -0.3 is 38.6 Å². The molecule has 1 aliphatic heterocycles. The zero-order valence-corrected chi connectivity index (χ0v) is 18.2. The Morgan fingerprint density at radius 3 is 2.31 bits per heavy atom. The molecular weight excluding hydrogens is 420 g/mol.